The number of imidazole rings is 1. The molecule has 4 aromatic rings. The van der Waals surface area contributed by atoms with Crippen molar-refractivity contribution >= 4 is 24.4 Å². The molecule has 3 N–H and O–H groups in total. The first kappa shape index (κ1) is 22.0. The minimum atomic E-state index is -1.05. The molecule has 0 spiro atoms. The number of hydrogen-bond donors (Lipinski definition) is 3. The quantitative estimate of drug-likeness (QED) is 0.308. The first-order valence-electron chi connectivity index (χ1n) is 9.98. The molecule has 0 saturated carbocycles. The first-order chi connectivity index (χ1) is 15.7. The van der Waals surface area contributed by atoms with Gasteiger partial charge in [0.25, 0.3) is 5.56 Å². The molecule has 2 aromatic carbocycles. The van der Waals surface area contributed by atoms with Crippen LogP contribution in [0.25, 0.3) is 11.4 Å². The Labute approximate surface area is 193 Å². The normalized spacial score (nSPS) is 11.4. The molecular formula is C23H21N5O4S. The van der Waals surface area contributed by atoms with Crippen molar-refractivity contribution in [1.82, 2.24) is 19.0 Å². The summed E-state index contributed by atoms with van der Waals surface area (Å²) >= 11 is 5.41. The van der Waals surface area contributed by atoms with E-state index >= 15 is 0 Å². The fourth-order valence-electron chi connectivity index (χ4n) is 3.38. The Balaban J connectivity index is 1.69. The minimum Gasteiger partial charge on any atom is -0.493 e. The van der Waals surface area contributed by atoms with Crippen LogP contribution >= 0.6 is 12.2 Å². The second-order valence-corrected chi connectivity index (χ2v) is 7.97. The molecule has 0 saturated heterocycles. The number of nitrogens with zero attached hydrogens (tertiary/aromatic N) is 4. The highest BCUT2D eigenvalue weighted by Crippen LogP contribution is 2.20. The maximum absolute atomic E-state index is 13.0. The summed E-state index contributed by atoms with van der Waals surface area (Å²) in [7, 11) is 0. The largest absolute Gasteiger partial charge is 0.493 e. The topological polar surface area (TPSA) is 118 Å². The number of carboxylic acids is 1. The van der Waals surface area contributed by atoms with Gasteiger partial charge in [0.2, 0.25) is 10.7 Å². The van der Waals surface area contributed by atoms with Crippen LogP contribution in [0.3, 0.4) is 0 Å². The zero-order valence-corrected chi connectivity index (χ0v) is 18.9. The van der Waals surface area contributed by atoms with Gasteiger partial charge in [0.05, 0.1) is 34.9 Å². The van der Waals surface area contributed by atoms with Crippen molar-refractivity contribution in [2.24, 2.45) is 5.10 Å². The summed E-state index contributed by atoms with van der Waals surface area (Å²) in [5.74, 6) is -1.23. The van der Waals surface area contributed by atoms with E-state index in [0.717, 1.165) is 16.8 Å². The Hall–Kier alpha value is -4.18. The highest BCUT2D eigenvalue weighted by Gasteiger charge is 2.13. The van der Waals surface area contributed by atoms with E-state index in [1.807, 2.05) is 32.0 Å². The number of aromatic carboxylic acids is 1. The number of carbonyl (C=O) groups is 1. The van der Waals surface area contributed by atoms with Gasteiger partial charge in [-0.3, -0.25) is 14.5 Å². The average molecular weight is 464 g/mol. The van der Waals surface area contributed by atoms with Crippen molar-refractivity contribution in [1.29, 1.82) is 0 Å². The van der Waals surface area contributed by atoms with E-state index < -0.39 is 5.97 Å². The molecule has 10 heteroatoms. The number of aromatic nitrogens is 4. The standard InChI is InChI=1S/C23H21N5O4S/c1-13-4-7-18(10-14(13)2)28-21(30)19(15(3)25-28)11-24-26-12-20(29)27(23(26)33)17-8-5-16(6-9-17)22(31)32/h4-12,25,29H,1-3H3,(H,31,32). The van der Waals surface area contributed by atoms with Gasteiger partial charge in [-0.1, -0.05) is 6.07 Å². The summed E-state index contributed by atoms with van der Waals surface area (Å²) in [5, 5.41) is 26.7. The molecule has 4 rings (SSSR count). The van der Waals surface area contributed by atoms with Gasteiger partial charge in [0, 0.05) is 5.69 Å². The van der Waals surface area contributed by atoms with Gasteiger partial charge in [0.15, 0.2) is 0 Å². The maximum Gasteiger partial charge on any atom is 0.335 e. The lowest BCUT2D eigenvalue weighted by Crippen LogP contribution is -2.17. The van der Waals surface area contributed by atoms with Crippen LogP contribution in [0.4, 0.5) is 0 Å². The summed E-state index contributed by atoms with van der Waals surface area (Å²) in [5.41, 5.74) is 4.23. The van der Waals surface area contributed by atoms with Crippen LogP contribution in [0.5, 0.6) is 5.88 Å². The number of benzene rings is 2. The number of hydrogen-bond acceptors (Lipinski definition) is 5. The molecule has 9 nitrogen and oxygen atoms in total. The Kier molecular flexibility index (Phi) is 5.60. The number of aromatic amines is 1. The Morgan fingerprint density at radius 3 is 2.36 bits per heavy atom. The van der Waals surface area contributed by atoms with Crippen molar-refractivity contribution < 1.29 is 15.0 Å². The third-order valence-corrected chi connectivity index (χ3v) is 5.77. The first-order valence-corrected chi connectivity index (χ1v) is 10.4. The van der Waals surface area contributed by atoms with Gasteiger partial charge in [-0.15, -0.1) is 0 Å². The highest BCUT2D eigenvalue weighted by molar-refractivity contribution is 7.71. The number of carboxylic acid groups (broad SMARTS) is 1. The van der Waals surface area contributed by atoms with E-state index in [4.69, 9.17) is 17.3 Å². The van der Waals surface area contributed by atoms with Gasteiger partial charge in [-0.2, -0.15) is 5.10 Å². The Bertz CT molecular complexity index is 1520. The van der Waals surface area contributed by atoms with Crippen LogP contribution in [-0.2, 0) is 0 Å². The van der Waals surface area contributed by atoms with E-state index in [1.165, 1.54) is 50.6 Å². The molecule has 0 aliphatic carbocycles. The monoisotopic (exact) mass is 463 g/mol. The molecule has 2 heterocycles. The van der Waals surface area contributed by atoms with E-state index in [-0.39, 0.29) is 21.8 Å². The molecule has 0 atom stereocenters. The summed E-state index contributed by atoms with van der Waals surface area (Å²) in [6.07, 6.45) is 2.70. The van der Waals surface area contributed by atoms with Gasteiger partial charge in [0.1, 0.15) is 0 Å². The lowest BCUT2D eigenvalue weighted by Gasteiger charge is -2.05. The van der Waals surface area contributed by atoms with Gasteiger partial charge < -0.3 is 10.2 Å². The summed E-state index contributed by atoms with van der Waals surface area (Å²) < 4.78 is 4.21. The van der Waals surface area contributed by atoms with Crippen LogP contribution in [-0.4, -0.2) is 41.4 Å². The van der Waals surface area contributed by atoms with E-state index in [2.05, 4.69) is 10.2 Å². The van der Waals surface area contributed by atoms with Crippen LogP contribution in [0.2, 0.25) is 0 Å². The lowest BCUT2D eigenvalue weighted by molar-refractivity contribution is 0.0697. The maximum atomic E-state index is 13.0. The number of aromatic hydroxyl groups is 1. The van der Waals surface area contributed by atoms with Crippen molar-refractivity contribution in [2.45, 2.75) is 20.8 Å². The van der Waals surface area contributed by atoms with Gasteiger partial charge in [-0.25, -0.2) is 14.2 Å². The summed E-state index contributed by atoms with van der Waals surface area (Å²) in [6, 6.07) is 11.6. The number of rotatable bonds is 5. The third kappa shape index (κ3) is 4.03. The number of H-pyrrole nitrogens is 1. The molecule has 0 radical (unpaired) electrons. The molecule has 0 amide bonds. The molecule has 2 aromatic heterocycles. The molecule has 0 aliphatic heterocycles. The fraction of sp³-hybridized carbons (Fsp3) is 0.130. The van der Waals surface area contributed by atoms with Crippen molar-refractivity contribution in [3.05, 3.63) is 91.7 Å². The molecule has 168 valence electrons. The average Bonchev–Trinajstić information content (AvgIpc) is 3.22. The predicted octanol–water partition coefficient (Wildman–Crippen LogP) is 3.70. The Morgan fingerprint density at radius 2 is 1.73 bits per heavy atom. The zero-order valence-electron chi connectivity index (χ0n) is 18.1. The molecule has 0 fully saturated rings. The third-order valence-electron chi connectivity index (χ3n) is 5.40. The summed E-state index contributed by atoms with van der Waals surface area (Å²) in [4.78, 5) is 24.0. The highest BCUT2D eigenvalue weighted by atomic mass is 32.1. The van der Waals surface area contributed by atoms with Crippen LogP contribution < -0.4 is 5.56 Å². The SMILES string of the molecule is Cc1ccc(-n2[nH]c(C)c(C=Nn3cc(O)n(-c4ccc(C(=O)O)cc4)c3=S)c2=O)cc1C. The fourth-order valence-corrected chi connectivity index (χ4v) is 3.68. The van der Waals surface area contributed by atoms with E-state index in [0.29, 0.717) is 16.9 Å². The molecule has 0 aliphatic rings. The summed E-state index contributed by atoms with van der Waals surface area (Å²) in [6.45, 7) is 5.76. The lowest BCUT2D eigenvalue weighted by atomic mass is 10.1. The number of nitrogens with one attached hydrogen (secondary N) is 1. The van der Waals surface area contributed by atoms with Crippen molar-refractivity contribution in [3.63, 3.8) is 0 Å². The number of aryl methyl sites for hydroxylation is 3. The second-order valence-electron chi connectivity index (χ2n) is 7.61. The predicted molar refractivity (Wildman–Crippen MR) is 127 cm³/mol. The van der Waals surface area contributed by atoms with Crippen LogP contribution in [0, 0.1) is 25.5 Å². The molecule has 0 unspecified atom stereocenters. The van der Waals surface area contributed by atoms with Crippen molar-refractivity contribution in [2.75, 3.05) is 0 Å². The molecule has 0 bridgehead atoms. The van der Waals surface area contributed by atoms with E-state index in [9.17, 15) is 14.7 Å². The van der Waals surface area contributed by atoms with Crippen LogP contribution in [0.15, 0.2) is 58.6 Å². The van der Waals surface area contributed by atoms with Gasteiger partial charge >= 0.3 is 5.97 Å². The molecular weight excluding hydrogens is 442 g/mol. The molecule has 33 heavy (non-hydrogen) atoms. The van der Waals surface area contributed by atoms with Gasteiger partial charge in [-0.05, 0) is 80.5 Å². The minimum absolute atomic E-state index is 0.116. The second kappa shape index (κ2) is 8.40. The Morgan fingerprint density at radius 1 is 1.06 bits per heavy atom. The zero-order chi connectivity index (χ0) is 23.9. The smallest absolute Gasteiger partial charge is 0.335 e. The van der Waals surface area contributed by atoms with Crippen molar-refractivity contribution in [3.8, 4) is 17.3 Å². The van der Waals surface area contributed by atoms with E-state index in [1.54, 1.807) is 6.92 Å². The van der Waals surface area contributed by atoms with Crippen LogP contribution in [0.1, 0.15) is 32.7 Å².